The summed E-state index contributed by atoms with van der Waals surface area (Å²) in [6.07, 6.45) is -4.36. The standard InChI is InChI=1S/C16H17N3O7/c20-8-16(12(22)11(21)14(24)26-16)19(10-6-7-17-15(25)18-10)13(23)9-4-2-1-3-5-9/h1-7,11-12,14,20-22,24H,8H2,(H,17,18,25)/t11-,12-,14?,16-/m0/s1. The van der Waals surface area contributed by atoms with Crippen molar-refractivity contribution in [2.24, 2.45) is 0 Å². The summed E-state index contributed by atoms with van der Waals surface area (Å²) in [6, 6.07) is 9.10. The fourth-order valence-electron chi connectivity index (χ4n) is 2.84. The quantitative estimate of drug-likeness (QED) is 0.425. The van der Waals surface area contributed by atoms with Crippen molar-refractivity contribution in [2.45, 2.75) is 24.2 Å². The highest BCUT2D eigenvalue weighted by molar-refractivity contribution is 6.06. The third kappa shape index (κ3) is 2.89. The Morgan fingerprint density at radius 1 is 1.23 bits per heavy atom. The molecule has 26 heavy (non-hydrogen) atoms. The number of hydrogen-bond donors (Lipinski definition) is 5. The van der Waals surface area contributed by atoms with E-state index in [4.69, 9.17) is 4.74 Å². The van der Waals surface area contributed by atoms with Crippen LogP contribution in [-0.2, 0) is 4.74 Å². The van der Waals surface area contributed by atoms with Gasteiger partial charge in [-0.05, 0) is 18.2 Å². The monoisotopic (exact) mass is 363 g/mol. The Bertz CT molecular complexity index is 843. The zero-order chi connectivity index (χ0) is 18.9. The fraction of sp³-hybridized carbons (Fsp3) is 0.312. The van der Waals surface area contributed by atoms with Gasteiger partial charge in [-0.15, -0.1) is 0 Å². The van der Waals surface area contributed by atoms with Gasteiger partial charge in [-0.25, -0.2) is 9.78 Å². The lowest BCUT2D eigenvalue weighted by atomic mass is 10.0. The van der Waals surface area contributed by atoms with Crippen LogP contribution < -0.4 is 10.6 Å². The Labute approximate surface area is 146 Å². The van der Waals surface area contributed by atoms with Crippen molar-refractivity contribution in [3.8, 4) is 0 Å². The van der Waals surface area contributed by atoms with Crippen molar-refractivity contribution in [3.63, 3.8) is 0 Å². The second kappa shape index (κ2) is 6.94. The number of carbonyl (C=O) groups is 1. The fourth-order valence-corrected chi connectivity index (χ4v) is 2.84. The molecule has 1 amide bonds. The predicted octanol–water partition coefficient (Wildman–Crippen LogP) is -1.82. The second-order valence-corrected chi connectivity index (χ2v) is 5.71. The van der Waals surface area contributed by atoms with Gasteiger partial charge in [0.2, 0.25) is 5.72 Å². The normalized spacial score (nSPS) is 28.1. The molecule has 0 aliphatic carbocycles. The number of anilines is 1. The molecule has 2 aromatic rings. The number of H-pyrrole nitrogens is 1. The lowest BCUT2D eigenvalue weighted by Crippen LogP contribution is -2.62. The van der Waals surface area contributed by atoms with E-state index in [1.165, 1.54) is 18.2 Å². The largest absolute Gasteiger partial charge is 0.391 e. The molecule has 1 aromatic heterocycles. The maximum Gasteiger partial charge on any atom is 0.346 e. The van der Waals surface area contributed by atoms with Gasteiger partial charge in [-0.1, -0.05) is 18.2 Å². The number of aliphatic hydroxyl groups is 4. The highest BCUT2D eigenvalue weighted by Crippen LogP contribution is 2.36. The molecule has 0 spiro atoms. The minimum Gasteiger partial charge on any atom is -0.391 e. The molecule has 0 bridgehead atoms. The van der Waals surface area contributed by atoms with Crippen molar-refractivity contribution in [1.29, 1.82) is 0 Å². The topological polar surface area (TPSA) is 156 Å². The minimum atomic E-state index is -2.23. The van der Waals surface area contributed by atoms with Crippen LogP contribution in [0.4, 0.5) is 5.82 Å². The van der Waals surface area contributed by atoms with E-state index in [0.29, 0.717) is 0 Å². The average molecular weight is 363 g/mol. The molecule has 1 unspecified atom stereocenters. The first-order chi connectivity index (χ1) is 12.4. The SMILES string of the molecule is O=C(c1ccccc1)N(c1ccnc(=O)[nH]1)[C@@]1(CO)OC(O)[C@@H](O)[C@@H]1O. The number of aromatic nitrogens is 2. The minimum absolute atomic E-state index is 0.145. The number of aliphatic hydroxyl groups excluding tert-OH is 4. The van der Waals surface area contributed by atoms with Gasteiger partial charge in [-0.2, -0.15) is 0 Å². The van der Waals surface area contributed by atoms with Crippen molar-refractivity contribution in [1.82, 2.24) is 9.97 Å². The maximum absolute atomic E-state index is 13.1. The van der Waals surface area contributed by atoms with E-state index in [1.54, 1.807) is 18.2 Å². The molecule has 1 aliphatic rings. The molecule has 10 nitrogen and oxygen atoms in total. The number of ether oxygens (including phenoxy) is 1. The first-order valence-electron chi connectivity index (χ1n) is 7.68. The van der Waals surface area contributed by atoms with Gasteiger partial charge >= 0.3 is 5.69 Å². The predicted molar refractivity (Wildman–Crippen MR) is 87.0 cm³/mol. The van der Waals surface area contributed by atoms with Crippen LogP contribution in [0, 0.1) is 0 Å². The van der Waals surface area contributed by atoms with Crippen molar-refractivity contribution in [2.75, 3.05) is 11.5 Å². The maximum atomic E-state index is 13.1. The van der Waals surface area contributed by atoms with Gasteiger partial charge in [0.05, 0.1) is 6.61 Å². The van der Waals surface area contributed by atoms with E-state index >= 15 is 0 Å². The molecule has 0 radical (unpaired) electrons. The third-order valence-corrected chi connectivity index (χ3v) is 4.13. The number of aromatic amines is 1. The second-order valence-electron chi connectivity index (χ2n) is 5.71. The Morgan fingerprint density at radius 2 is 1.92 bits per heavy atom. The molecule has 10 heteroatoms. The van der Waals surface area contributed by atoms with Gasteiger partial charge in [0.25, 0.3) is 5.91 Å². The summed E-state index contributed by atoms with van der Waals surface area (Å²) < 4.78 is 5.19. The van der Waals surface area contributed by atoms with Crippen LogP contribution in [-0.4, -0.2) is 67.1 Å². The molecule has 2 heterocycles. The summed E-state index contributed by atoms with van der Waals surface area (Å²) in [4.78, 5) is 31.3. The first-order valence-corrected chi connectivity index (χ1v) is 7.68. The Hall–Kier alpha value is -2.63. The average Bonchev–Trinajstić information content (AvgIpc) is 2.87. The zero-order valence-electron chi connectivity index (χ0n) is 13.4. The van der Waals surface area contributed by atoms with E-state index in [9.17, 15) is 30.0 Å². The number of nitrogens with zero attached hydrogens (tertiary/aromatic N) is 2. The summed E-state index contributed by atoms with van der Waals surface area (Å²) in [5, 5.41) is 39.9. The number of hydrogen-bond acceptors (Lipinski definition) is 8. The molecule has 4 atom stereocenters. The Morgan fingerprint density at radius 3 is 2.46 bits per heavy atom. The summed E-state index contributed by atoms with van der Waals surface area (Å²) in [5.41, 5.74) is -2.85. The third-order valence-electron chi connectivity index (χ3n) is 4.13. The number of nitrogens with one attached hydrogen (secondary N) is 1. The van der Waals surface area contributed by atoms with Crippen LogP contribution in [0.2, 0.25) is 0 Å². The van der Waals surface area contributed by atoms with Crippen LogP contribution in [0.5, 0.6) is 0 Å². The summed E-state index contributed by atoms with van der Waals surface area (Å²) in [6.45, 7) is -0.967. The number of rotatable bonds is 4. The molecular formula is C16H17N3O7. The first kappa shape index (κ1) is 18.2. The van der Waals surface area contributed by atoms with Gasteiger partial charge in [0.15, 0.2) is 6.29 Å². The van der Waals surface area contributed by atoms with Crippen molar-refractivity contribution < 1.29 is 30.0 Å². The van der Waals surface area contributed by atoms with Crippen molar-refractivity contribution in [3.05, 3.63) is 58.6 Å². The number of carbonyl (C=O) groups excluding carboxylic acids is 1. The number of amides is 1. The summed E-state index contributed by atoms with van der Waals surface area (Å²) >= 11 is 0. The molecule has 1 saturated heterocycles. The highest BCUT2D eigenvalue weighted by atomic mass is 16.7. The van der Waals surface area contributed by atoms with Gasteiger partial charge < -0.3 is 25.2 Å². The Balaban J connectivity index is 2.18. The van der Waals surface area contributed by atoms with Crippen LogP contribution >= 0.6 is 0 Å². The molecule has 0 saturated carbocycles. The smallest absolute Gasteiger partial charge is 0.346 e. The van der Waals surface area contributed by atoms with E-state index < -0.39 is 42.4 Å². The molecule has 1 fully saturated rings. The van der Waals surface area contributed by atoms with Gasteiger partial charge in [0, 0.05) is 11.8 Å². The van der Waals surface area contributed by atoms with Crippen LogP contribution in [0.3, 0.4) is 0 Å². The number of benzene rings is 1. The lowest BCUT2D eigenvalue weighted by molar-refractivity contribution is -0.171. The molecule has 1 aromatic carbocycles. The Kier molecular flexibility index (Phi) is 4.85. The van der Waals surface area contributed by atoms with Crippen molar-refractivity contribution >= 4 is 11.7 Å². The van der Waals surface area contributed by atoms with Gasteiger partial charge in [0.1, 0.15) is 18.0 Å². The van der Waals surface area contributed by atoms with E-state index in [-0.39, 0.29) is 11.4 Å². The summed E-state index contributed by atoms with van der Waals surface area (Å²) in [5.74, 6) is -0.893. The molecule has 3 rings (SSSR count). The van der Waals surface area contributed by atoms with E-state index in [1.807, 2.05) is 0 Å². The van der Waals surface area contributed by atoms with E-state index in [2.05, 4.69) is 9.97 Å². The molecule has 138 valence electrons. The van der Waals surface area contributed by atoms with Crippen LogP contribution in [0.15, 0.2) is 47.4 Å². The molecule has 5 N–H and O–H groups in total. The van der Waals surface area contributed by atoms with Crippen LogP contribution in [0.25, 0.3) is 0 Å². The highest BCUT2D eigenvalue weighted by Gasteiger charge is 2.59. The summed E-state index contributed by atoms with van der Waals surface area (Å²) in [7, 11) is 0. The van der Waals surface area contributed by atoms with Crippen LogP contribution in [0.1, 0.15) is 10.4 Å². The lowest BCUT2D eigenvalue weighted by Gasteiger charge is -2.40. The van der Waals surface area contributed by atoms with E-state index in [0.717, 1.165) is 11.1 Å². The molecular weight excluding hydrogens is 346 g/mol. The zero-order valence-corrected chi connectivity index (χ0v) is 13.4. The molecule has 1 aliphatic heterocycles. The van der Waals surface area contributed by atoms with Gasteiger partial charge in [-0.3, -0.25) is 14.7 Å².